The Balaban J connectivity index is 1.73. The summed E-state index contributed by atoms with van der Waals surface area (Å²) < 4.78 is 0. The fourth-order valence-electron chi connectivity index (χ4n) is 3.54. The number of carbonyl (C=O) groups is 1. The average Bonchev–Trinajstić information content (AvgIpc) is 2.43. The topological polar surface area (TPSA) is 43.8 Å². The smallest absolute Gasteiger partial charge is 0.222 e. The molecule has 2 fully saturated rings. The Morgan fingerprint density at radius 2 is 1.90 bits per heavy atom. The second kappa shape index (κ2) is 7.41. The highest BCUT2D eigenvalue weighted by atomic mass is 16.3. The van der Waals surface area contributed by atoms with Gasteiger partial charge in [0.25, 0.3) is 0 Å². The first-order valence-corrected chi connectivity index (χ1v) is 8.30. The molecule has 1 N–H and O–H groups in total. The molecule has 2 aliphatic rings. The minimum atomic E-state index is -0.102. The van der Waals surface area contributed by atoms with Gasteiger partial charge in [-0.25, -0.2) is 0 Å². The van der Waals surface area contributed by atoms with E-state index in [0.717, 1.165) is 64.2 Å². The van der Waals surface area contributed by atoms with Gasteiger partial charge in [0.15, 0.2) is 0 Å². The van der Waals surface area contributed by atoms with Crippen LogP contribution in [-0.4, -0.2) is 59.1 Å². The summed E-state index contributed by atoms with van der Waals surface area (Å²) in [5.74, 6) is 1.05. The molecule has 0 bridgehead atoms. The molecule has 0 radical (unpaired) electrons. The lowest BCUT2D eigenvalue weighted by atomic mass is 9.93. The molecule has 116 valence electrons. The van der Waals surface area contributed by atoms with Crippen LogP contribution < -0.4 is 0 Å². The van der Waals surface area contributed by atoms with E-state index in [1.54, 1.807) is 0 Å². The Hall–Kier alpha value is -0.610. The van der Waals surface area contributed by atoms with E-state index in [2.05, 4.69) is 18.7 Å². The van der Waals surface area contributed by atoms with Gasteiger partial charge in [-0.3, -0.25) is 4.79 Å². The van der Waals surface area contributed by atoms with Crippen LogP contribution in [0.25, 0.3) is 0 Å². The zero-order chi connectivity index (χ0) is 14.5. The molecule has 0 aliphatic carbocycles. The van der Waals surface area contributed by atoms with Crippen molar-refractivity contribution in [2.75, 3.05) is 26.2 Å². The van der Waals surface area contributed by atoms with E-state index in [9.17, 15) is 9.90 Å². The molecule has 0 aromatic rings. The van der Waals surface area contributed by atoms with Gasteiger partial charge in [0.2, 0.25) is 5.91 Å². The van der Waals surface area contributed by atoms with Crippen molar-refractivity contribution in [3.8, 4) is 0 Å². The highest BCUT2D eigenvalue weighted by Crippen LogP contribution is 2.23. The number of likely N-dealkylation sites (tertiary alicyclic amines) is 2. The van der Waals surface area contributed by atoms with Crippen molar-refractivity contribution < 1.29 is 9.90 Å². The summed E-state index contributed by atoms with van der Waals surface area (Å²) >= 11 is 0. The van der Waals surface area contributed by atoms with Crippen molar-refractivity contribution in [2.45, 2.75) is 64.5 Å². The second-order valence-electron chi connectivity index (χ2n) is 6.60. The maximum Gasteiger partial charge on any atom is 0.222 e. The third kappa shape index (κ3) is 4.19. The van der Waals surface area contributed by atoms with Gasteiger partial charge in [-0.2, -0.15) is 0 Å². The van der Waals surface area contributed by atoms with Crippen LogP contribution in [0.15, 0.2) is 0 Å². The van der Waals surface area contributed by atoms with E-state index in [-0.39, 0.29) is 6.10 Å². The Labute approximate surface area is 123 Å². The average molecular weight is 282 g/mol. The molecule has 20 heavy (non-hydrogen) atoms. The summed E-state index contributed by atoms with van der Waals surface area (Å²) in [5.41, 5.74) is 0. The SMILES string of the molecule is CCCC(=O)N1CCC(CN2CCC(O)CC2C)CC1. The van der Waals surface area contributed by atoms with Crippen molar-refractivity contribution in [1.82, 2.24) is 9.80 Å². The summed E-state index contributed by atoms with van der Waals surface area (Å²) in [6.07, 6.45) is 5.65. The monoisotopic (exact) mass is 282 g/mol. The van der Waals surface area contributed by atoms with Gasteiger partial charge in [-0.05, 0) is 44.9 Å². The highest BCUT2D eigenvalue weighted by Gasteiger charge is 2.28. The van der Waals surface area contributed by atoms with Crippen LogP contribution in [0.2, 0.25) is 0 Å². The van der Waals surface area contributed by atoms with Gasteiger partial charge < -0.3 is 14.9 Å². The fourth-order valence-corrected chi connectivity index (χ4v) is 3.54. The number of aliphatic hydroxyl groups is 1. The first-order valence-electron chi connectivity index (χ1n) is 8.30. The summed E-state index contributed by atoms with van der Waals surface area (Å²) in [6.45, 7) is 8.34. The number of amides is 1. The van der Waals surface area contributed by atoms with E-state index < -0.39 is 0 Å². The number of rotatable bonds is 4. The maximum absolute atomic E-state index is 11.9. The van der Waals surface area contributed by atoms with E-state index in [1.807, 2.05) is 4.90 Å². The lowest BCUT2D eigenvalue weighted by Crippen LogP contribution is -2.47. The number of hydrogen-bond acceptors (Lipinski definition) is 3. The molecule has 2 saturated heterocycles. The third-order valence-electron chi connectivity index (χ3n) is 4.91. The van der Waals surface area contributed by atoms with Crippen LogP contribution in [-0.2, 0) is 4.79 Å². The number of carbonyl (C=O) groups excluding carboxylic acids is 1. The van der Waals surface area contributed by atoms with Crippen molar-refractivity contribution in [3.63, 3.8) is 0 Å². The molecule has 4 heteroatoms. The van der Waals surface area contributed by atoms with Crippen molar-refractivity contribution in [3.05, 3.63) is 0 Å². The van der Waals surface area contributed by atoms with Gasteiger partial charge >= 0.3 is 0 Å². The first kappa shape index (κ1) is 15.8. The molecule has 0 spiro atoms. The summed E-state index contributed by atoms with van der Waals surface area (Å²) in [6, 6.07) is 0.499. The highest BCUT2D eigenvalue weighted by molar-refractivity contribution is 5.76. The minimum absolute atomic E-state index is 0.102. The summed E-state index contributed by atoms with van der Waals surface area (Å²) in [4.78, 5) is 16.4. The van der Waals surface area contributed by atoms with Crippen LogP contribution in [0.3, 0.4) is 0 Å². The number of aliphatic hydroxyl groups excluding tert-OH is 1. The number of nitrogens with zero attached hydrogens (tertiary/aromatic N) is 2. The molecule has 2 aliphatic heterocycles. The zero-order valence-corrected chi connectivity index (χ0v) is 13.1. The van der Waals surface area contributed by atoms with Crippen LogP contribution >= 0.6 is 0 Å². The molecule has 0 aromatic carbocycles. The Morgan fingerprint density at radius 3 is 2.50 bits per heavy atom. The van der Waals surface area contributed by atoms with Crippen molar-refractivity contribution in [2.24, 2.45) is 5.92 Å². The van der Waals surface area contributed by atoms with Gasteiger partial charge in [-0.1, -0.05) is 6.92 Å². The zero-order valence-electron chi connectivity index (χ0n) is 13.1. The Kier molecular flexibility index (Phi) is 5.85. The Bertz CT molecular complexity index is 314. The maximum atomic E-state index is 11.9. The quantitative estimate of drug-likeness (QED) is 0.856. The van der Waals surface area contributed by atoms with E-state index in [1.165, 1.54) is 0 Å². The molecular formula is C16H30N2O2. The normalized spacial score (nSPS) is 29.6. The van der Waals surface area contributed by atoms with Crippen LogP contribution in [0, 0.1) is 5.92 Å². The van der Waals surface area contributed by atoms with Crippen molar-refractivity contribution >= 4 is 5.91 Å². The van der Waals surface area contributed by atoms with Crippen LogP contribution in [0.4, 0.5) is 0 Å². The molecule has 2 heterocycles. The van der Waals surface area contributed by atoms with E-state index >= 15 is 0 Å². The molecular weight excluding hydrogens is 252 g/mol. The molecule has 0 aromatic heterocycles. The molecule has 1 amide bonds. The van der Waals surface area contributed by atoms with Crippen LogP contribution in [0.5, 0.6) is 0 Å². The van der Waals surface area contributed by atoms with Crippen LogP contribution in [0.1, 0.15) is 52.4 Å². The molecule has 2 rings (SSSR count). The van der Waals surface area contributed by atoms with E-state index in [0.29, 0.717) is 18.4 Å². The second-order valence-corrected chi connectivity index (χ2v) is 6.60. The predicted octanol–water partition coefficient (Wildman–Crippen LogP) is 1.87. The standard InChI is InChI=1S/C16H30N2O2/c1-3-4-16(20)17-8-5-14(6-9-17)12-18-10-7-15(19)11-13(18)2/h13-15,19H,3-12H2,1-2H3. The minimum Gasteiger partial charge on any atom is -0.393 e. The lowest BCUT2D eigenvalue weighted by Gasteiger charge is -2.40. The fraction of sp³-hybridized carbons (Fsp3) is 0.938. The first-order chi connectivity index (χ1) is 9.60. The number of piperidine rings is 2. The molecule has 4 nitrogen and oxygen atoms in total. The van der Waals surface area contributed by atoms with Crippen molar-refractivity contribution in [1.29, 1.82) is 0 Å². The lowest BCUT2D eigenvalue weighted by molar-refractivity contribution is -0.132. The van der Waals surface area contributed by atoms with Gasteiger partial charge in [0, 0.05) is 38.6 Å². The van der Waals surface area contributed by atoms with Gasteiger partial charge in [-0.15, -0.1) is 0 Å². The van der Waals surface area contributed by atoms with Gasteiger partial charge in [0.1, 0.15) is 0 Å². The summed E-state index contributed by atoms with van der Waals surface area (Å²) in [5, 5.41) is 9.68. The Morgan fingerprint density at radius 1 is 1.20 bits per heavy atom. The van der Waals surface area contributed by atoms with Gasteiger partial charge in [0.05, 0.1) is 6.10 Å². The largest absolute Gasteiger partial charge is 0.393 e. The summed E-state index contributed by atoms with van der Waals surface area (Å²) in [7, 11) is 0. The molecule has 0 saturated carbocycles. The predicted molar refractivity (Wildman–Crippen MR) is 80.5 cm³/mol. The number of hydrogen-bond donors (Lipinski definition) is 1. The molecule has 2 unspecified atom stereocenters. The van der Waals surface area contributed by atoms with E-state index in [4.69, 9.17) is 0 Å². The molecule has 2 atom stereocenters. The third-order valence-corrected chi connectivity index (χ3v) is 4.91.